The van der Waals surface area contributed by atoms with E-state index in [1.807, 2.05) is 6.92 Å². The first-order chi connectivity index (χ1) is 10.2. The Bertz CT molecular complexity index is 534. The molecule has 2 N–H and O–H groups in total. The number of carbonyl (C=O) groups excluding carboxylic acids is 1. The molecular weight excluding hydrogens is 273 g/mol. The number of pyridine rings is 1. The number of ether oxygens (including phenoxy) is 1. The molecule has 0 bridgehead atoms. The molecule has 3 rings (SSSR count). The molecule has 1 aromatic rings. The Morgan fingerprint density at radius 2 is 2.29 bits per heavy atom. The summed E-state index contributed by atoms with van der Waals surface area (Å²) < 4.78 is 19.1. The topological polar surface area (TPSA) is 63.2 Å². The number of hydrogen-bond acceptors (Lipinski definition) is 4. The van der Waals surface area contributed by atoms with E-state index in [0.29, 0.717) is 24.9 Å². The predicted octanol–water partition coefficient (Wildman–Crippen LogP) is 1.95. The van der Waals surface area contributed by atoms with Crippen LogP contribution in [0.2, 0.25) is 0 Å². The second-order valence-electron chi connectivity index (χ2n) is 5.62. The lowest BCUT2D eigenvalue weighted by Gasteiger charge is -2.20. The molecule has 2 heterocycles. The van der Waals surface area contributed by atoms with Gasteiger partial charge in [0, 0.05) is 13.2 Å². The Balaban J connectivity index is 1.73. The lowest BCUT2D eigenvalue weighted by molar-refractivity contribution is 0.0729. The molecular formula is C15H20FN3O2. The van der Waals surface area contributed by atoms with Crippen LogP contribution < -0.4 is 10.6 Å². The molecule has 6 heteroatoms. The zero-order valence-electron chi connectivity index (χ0n) is 12.1. The van der Waals surface area contributed by atoms with Crippen LogP contribution in [0.4, 0.5) is 10.2 Å². The maximum Gasteiger partial charge on any atom is 0.255 e. The maximum atomic E-state index is 13.4. The van der Waals surface area contributed by atoms with Gasteiger partial charge in [0.2, 0.25) is 0 Å². The number of anilines is 1. The second-order valence-corrected chi connectivity index (χ2v) is 5.62. The van der Waals surface area contributed by atoms with E-state index in [1.54, 1.807) is 0 Å². The second kappa shape index (κ2) is 5.97. The van der Waals surface area contributed by atoms with Crippen molar-refractivity contribution in [3.05, 3.63) is 23.6 Å². The molecule has 2 atom stereocenters. The molecule has 1 aromatic heterocycles. The first-order valence-corrected chi connectivity index (χ1v) is 7.51. The lowest BCUT2D eigenvalue weighted by Crippen LogP contribution is -2.41. The molecule has 2 fully saturated rings. The fraction of sp³-hybridized carbons (Fsp3) is 0.600. The minimum Gasteiger partial charge on any atom is -0.376 e. The summed E-state index contributed by atoms with van der Waals surface area (Å²) in [6.07, 6.45) is 4.37. The van der Waals surface area contributed by atoms with E-state index in [9.17, 15) is 9.18 Å². The maximum absolute atomic E-state index is 13.4. The van der Waals surface area contributed by atoms with Gasteiger partial charge in [-0.1, -0.05) is 0 Å². The Morgan fingerprint density at radius 1 is 1.48 bits per heavy atom. The van der Waals surface area contributed by atoms with Crippen LogP contribution in [-0.2, 0) is 4.74 Å². The molecule has 2 aliphatic rings. The molecule has 1 aliphatic heterocycles. The van der Waals surface area contributed by atoms with Crippen molar-refractivity contribution >= 4 is 11.7 Å². The molecule has 2 unspecified atom stereocenters. The largest absolute Gasteiger partial charge is 0.376 e. The van der Waals surface area contributed by atoms with Crippen molar-refractivity contribution in [1.29, 1.82) is 0 Å². The van der Waals surface area contributed by atoms with Gasteiger partial charge in [-0.2, -0.15) is 0 Å². The summed E-state index contributed by atoms with van der Waals surface area (Å²) in [6, 6.07) is 1.24. The number of nitrogens with zero attached hydrogens (tertiary/aromatic N) is 1. The van der Waals surface area contributed by atoms with Gasteiger partial charge in [-0.15, -0.1) is 0 Å². The van der Waals surface area contributed by atoms with E-state index < -0.39 is 5.82 Å². The standard InChI is InChI=1S/C15H20FN3O2/c1-2-17-14-11(7-10(16)8-18-14)15(20)19-12-5-6-21-13(12)9-3-4-9/h7-9,12-13H,2-6H2,1H3,(H,17,18)(H,19,20). The molecule has 21 heavy (non-hydrogen) atoms. The van der Waals surface area contributed by atoms with Crippen LogP contribution in [0.1, 0.15) is 36.5 Å². The molecule has 0 aromatic carbocycles. The minimum absolute atomic E-state index is 0.0164. The first kappa shape index (κ1) is 14.3. The Kier molecular flexibility index (Phi) is 4.05. The van der Waals surface area contributed by atoms with Crippen LogP contribution in [0.5, 0.6) is 0 Å². The number of carbonyl (C=O) groups is 1. The molecule has 5 nitrogen and oxygen atoms in total. The molecule has 1 aliphatic carbocycles. The van der Waals surface area contributed by atoms with Crippen LogP contribution in [0.3, 0.4) is 0 Å². The highest BCUT2D eigenvalue weighted by molar-refractivity contribution is 5.98. The van der Waals surface area contributed by atoms with Crippen molar-refractivity contribution in [3.8, 4) is 0 Å². The smallest absolute Gasteiger partial charge is 0.255 e. The van der Waals surface area contributed by atoms with Gasteiger partial charge >= 0.3 is 0 Å². The summed E-state index contributed by atoms with van der Waals surface area (Å²) in [5.41, 5.74) is 0.248. The minimum atomic E-state index is -0.511. The zero-order valence-corrected chi connectivity index (χ0v) is 12.1. The number of hydrogen-bond donors (Lipinski definition) is 2. The van der Waals surface area contributed by atoms with Gasteiger partial charge in [0.1, 0.15) is 11.6 Å². The van der Waals surface area contributed by atoms with E-state index >= 15 is 0 Å². The summed E-state index contributed by atoms with van der Waals surface area (Å²) >= 11 is 0. The highest BCUT2D eigenvalue weighted by Gasteiger charge is 2.41. The first-order valence-electron chi connectivity index (χ1n) is 7.51. The highest BCUT2D eigenvalue weighted by atomic mass is 19.1. The van der Waals surface area contributed by atoms with Crippen LogP contribution in [0.15, 0.2) is 12.3 Å². The van der Waals surface area contributed by atoms with Crippen molar-refractivity contribution in [2.45, 2.75) is 38.3 Å². The SMILES string of the molecule is CCNc1ncc(F)cc1C(=O)NC1CCOC1C1CC1. The van der Waals surface area contributed by atoms with Crippen molar-refractivity contribution in [2.75, 3.05) is 18.5 Å². The average Bonchev–Trinajstić information content (AvgIpc) is 3.21. The number of amides is 1. The van der Waals surface area contributed by atoms with Gasteiger partial charge in [0.05, 0.1) is 23.9 Å². The number of aromatic nitrogens is 1. The highest BCUT2D eigenvalue weighted by Crippen LogP contribution is 2.38. The fourth-order valence-electron chi connectivity index (χ4n) is 2.82. The fourth-order valence-corrected chi connectivity index (χ4v) is 2.82. The Hall–Kier alpha value is -1.69. The third-order valence-corrected chi connectivity index (χ3v) is 3.98. The zero-order chi connectivity index (χ0) is 14.8. The van der Waals surface area contributed by atoms with Crippen molar-refractivity contribution in [1.82, 2.24) is 10.3 Å². The normalized spacial score (nSPS) is 24.9. The van der Waals surface area contributed by atoms with Crippen LogP contribution in [-0.4, -0.2) is 36.2 Å². The van der Waals surface area contributed by atoms with Crippen molar-refractivity contribution in [2.24, 2.45) is 5.92 Å². The summed E-state index contributed by atoms with van der Waals surface area (Å²) in [6.45, 7) is 3.20. The van der Waals surface area contributed by atoms with E-state index in [2.05, 4.69) is 15.6 Å². The third-order valence-electron chi connectivity index (χ3n) is 3.98. The van der Waals surface area contributed by atoms with Gasteiger partial charge in [-0.25, -0.2) is 9.37 Å². The molecule has 1 saturated carbocycles. The van der Waals surface area contributed by atoms with E-state index in [0.717, 1.165) is 12.6 Å². The van der Waals surface area contributed by atoms with E-state index in [-0.39, 0.29) is 23.6 Å². The number of nitrogens with one attached hydrogen (secondary N) is 2. The lowest BCUT2D eigenvalue weighted by atomic mass is 10.1. The predicted molar refractivity (Wildman–Crippen MR) is 76.7 cm³/mol. The van der Waals surface area contributed by atoms with Gasteiger partial charge in [-0.3, -0.25) is 4.79 Å². The molecule has 0 spiro atoms. The molecule has 1 saturated heterocycles. The van der Waals surface area contributed by atoms with Gasteiger partial charge < -0.3 is 15.4 Å². The van der Waals surface area contributed by atoms with Crippen LogP contribution in [0, 0.1) is 11.7 Å². The summed E-state index contributed by atoms with van der Waals surface area (Å²) in [5.74, 6) is 0.178. The Morgan fingerprint density at radius 3 is 3.00 bits per heavy atom. The number of halogens is 1. The van der Waals surface area contributed by atoms with Gasteiger partial charge in [0.15, 0.2) is 0 Å². The Labute approximate surface area is 123 Å². The van der Waals surface area contributed by atoms with Crippen LogP contribution in [0.25, 0.3) is 0 Å². The number of rotatable bonds is 5. The summed E-state index contributed by atoms with van der Waals surface area (Å²) in [5, 5.41) is 5.97. The van der Waals surface area contributed by atoms with E-state index in [4.69, 9.17) is 4.74 Å². The van der Waals surface area contributed by atoms with Gasteiger partial charge in [-0.05, 0) is 38.2 Å². The monoisotopic (exact) mass is 293 g/mol. The van der Waals surface area contributed by atoms with Crippen LogP contribution >= 0.6 is 0 Å². The quantitative estimate of drug-likeness (QED) is 0.871. The van der Waals surface area contributed by atoms with E-state index in [1.165, 1.54) is 18.9 Å². The van der Waals surface area contributed by atoms with Gasteiger partial charge in [0.25, 0.3) is 5.91 Å². The van der Waals surface area contributed by atoms with Crippen molar-refractivity contribution < 1.29 is 13.9 Å². The molecule has 1 amide bonds. The summed E-state index contributed by atoms with van der Waals surface area (Å²) in [7, 11) is 0. The molecule has 114 valence electrons. The third kappa shape index (κ3) is 3.15. The summed E-state index contributed by atoms with van der Waals surface area (Å²) in [4.78, 5) is 16.4. The molecule has 0 radical (unpaired) electrons. The average molecular weight is 293 g/mol. The van der Waals surface area contributed by atoms with Crippen molar-refractivity contribution in [3.63, 3.8) is 0 Å².